The Bertz CT molecular complexity index is 881. The van der Waals surface area contributed by atoms with Crippen LogP contribution in [0.5, 0.6) is 11.5 Å². The molecule has 0 bridgehead atoms. The van der Waals surface area contributed by atoms with E-state index in [1.807, 2.05) is 0 Å². The molecule has 5 heteroatoms. The largest absolute Gasteiger partial charge is 0.497 e. The van der Waals surface area contributed by atoms with E-state index in [4.69, 9.17) is 22.4 Å². The molecule has 0 spiro atoms. The van der Waals surface area contributed by atoms with Crippen molar-refractivity contribution in [2.24, 2.45) is 0 Å². The molecule has 0 aliphatic rings. The smallest absolute Gasteiger partial charge is 0.342 e. The average Bonchev–Trinajstić information content (AvgIpc) is 2.75. The van der Waals surface area contributed by atoms with Gasteiger partial charge in [0.15, 0.2) is 0 Å². The van der Waals surface area contributed by atoms with Crippen LogP contribution in [0.15, 0.2) is 31.4 Å². The monoisotopic (exact) mass is 380 g/mol. The van der Waals surface area contributed by atoms with E-state index in [9.17, 15) is 9.59 Å². The fourth-order valence-corrected chi connectivity index (χ4v) is 2.33. The van der Waals surface area contributed by atoms with Gasteiger partial charge in [0.2, 0.25) is 0 Å². The number of unbranched alkanes of at least 4 members (excludes halogenated alkanes) is 1. The summed E-state index contributed by atoms with van der Waals surface area (Å²) in [6, 6.07) is 2.80. The molecule has 0 aromatic heterocycles. The minimum absolute atomic E-state index is 0.0277. The molecule has 0 N–H and O–H groups in total. The standard InChI is InChI=1S/C22H30O5/c1-6-8-9-12-18(23)13-10-11-16(3)27-22(24)21-17(7-2)14-19(25-4)15-20(21)26-5/h6-7,14-16H,1-2,8-13H2,3-5H3/i3D3,11D2,16D. The molecular formula is C22H30O5. The maximum atomic E-state index is 13.0. The summed E-state index contributed by atoms with van der Waals surface area (Å²) in [4.78, 5) is 25.1. The van der Waals surface area contributed by atoms with Crippen LogP contribution in [-0.4, -0.2) is 32.1 Å². The summed E-state index contributed by atoms with van der Waals surface area (Å²) >= 11 is 0. The zero-order valence-electron chi connectivity index (χ0n) is 21.8. The van der Waals surface area contributed by atoms with E-state index in [1.165, 1.54) is 32.4 Å². The molecule has 1 unspecified atom stereocenters. The molecule has 1 rings (SSSR count). The van der Waals surface area contributed by atoms with Crippen LogP contribution in [0.2, 0.25) is 0 Å². The molecule has 0 fully saturated rings. The Morgan fingerprint density at radius 1 is 1.26 bits per heavy atom. The Morgan fingerprint density at radius 2 is 2.00 bits per heavy atom. The summed E-state index contributed by atoms with van der Waals surface area (Å²) in [7, 11) is 2.67. The van der Waals surface area contributed by atoms with Crippen molar-refractivity contribution in [1.29, 1.82) is 0 Å². The maximum absolute atomic E-state index is 13.0. The van der Waals surface area contributed by atoms with E-state index < -0.39 is 31.7 Å². The number of Topliss-reactive ketones (excluding diaryl/α,β-unsaturated/α-hetero) is 1. The van der Waals surface area contributed by atoms with Crippen LogP contribution in [-0.2, 0) is 9.53 Å². The fraction of sp³-hybridized carbons (Fsp3) is 0.455. The molecule has 0 amide bonds. The molecule has 5 nitrogen and oxygen atoms in total. The van der Waals surface area contributed by atoms with Crippen molar-refractivity contribution < 1.29 is 32.0 Å². The Hall–Kier alpha value is -2.56. The van der Waals surface area contributed by atoms with Gasteiger partial charge in [-0.15, -0.1) is 6.58 Å². The Labute approximate surface area is 170 Å². The summed E-state index contributed by atoms with van der Waals surface area (Å²) in [5.74, 6) is -1.26. The predicted molar refractivity (Wildman–Crippen MR) is 107 cm³/mol. The van der Waals surface area contributed by atoms with Gasteiger partial charge in [0.05, 0.1) is 21.7 Å². The normalized spacial score (nSPS) is 16.8. The molecule has 0 saturated heterocycles. The van der Waals surface area contributed by atoms with Crippen LogP contribution in [0.4, 0.5) is 0 Å². The number of rotatable bonds is 13. The minimum atomic E-state index is -3.36. The third kappa shape index (κ3) is 7.29. The minimum Gasteiger partial charge on any atom is -0.497 e. The highest BCUT2D eigenvalue weighted by atomic mass is 16.5. The molecule has 1 aromatic rings. The van der Waals surface area contributed by atoms with E-state index in [2.05, 4.69) is 13.2 Å². The second-order valence-electron chi connectivity index (χ2n) is 5.61. The van der Waals surface area contributed by atoms with Crippen molar-refractivity contribution in [3.8, 4) is 11.5 Å². The number of ketones is 1. The lowest BCUT2D eigenvalue weighted by Gasteiger charge is -2.17. The highest BCUT2D eigenvalue weighted by Gasteiger charge is 2.21. The highest BCUT2D eigenvalue weighted by molar-refractivity contribution is 5.97. The highest BCUT2D eigenvalue weighted by Crippen LogP contribution is 2.30. The van der Waals surface area contributed by atoms with Gasteiger partial charge in [0.1, 0.15) is 22.8 Å². The quantitative estimate of drug-likeness (QED) is 0.274. The lowest BCUT2D eigenvalue weighted by molar-refractivity contribution is -0.119. The van der Waals surface area contributed by atoms with Gasteiger partial charge < -0.3 is 14.2 Å². The Kier molecular flexibility index (Phi) is 6.41. The first kappa shape index (κ1) is 14.5. The molecular weight excluding hydrogens is 344 g/mol. The van der Waals surface area contributed by atoms with Crippen molar-refractivity contribution in [3.63, 3.8) is 0 Å². The lowest BCUT2D eigenvalue weighted by Crippen LogP contribution is -2.17. The number of carbonyl (C=O) groups is 2. The van der Waals surface area contributed by atoms with Crippen molar-refractivity contribution >= 4 is 17.8 Å². The second kappa shape index (κ2) is 11.9. The summed E-state index contributed by atoms with van der Waals surface area (Å²) in [6.45, 7) is 3.81. The van der Waals surface area contributed by atoms with E-state index in [-0.39, 0.29) is 35.5 Å². The van der Waals surface area contributed by atoms with Crippen LogP contribution in [0.25, 0.3) is 6.08 Å². The van der Waals surface area contributed by atoms with Crippen molar-refractivity contribution in [2.75, 3.05) is 14.2 Å². The van der Waals surface area contributed by atoms with Crippen molar-refractivity contribution in [1.82, 2.24) is 0 Å². The predicted octanol–water partition coefficient (Wildman–Crippen LogP) is 4.99. The van der Waals surface area contributed by atoms with Crippen LogP contribution >= 0.6 is 0 Å². The Balaban J connectivity index is 3.29. The molecule has 1 aromatic carbocycles. The number of hydrogen-bond acceptors (Lipinski definition) is 5. The van der Waals surface area contributed by atoms with Crippen LogP contribution in [0.3, 0.4) is 0 Å². The van der Waals surface area contributed by atoms with E-state index in [1.54, 1.807) is 6.08 Å². The van der Waals surface area contributed by atoms with E-state index in [0.717, 1.165) is 0 Å². The second-order valence-corrected chi connectivity index (χ2v) is 5.61. The number of benzene rings is 1. The molecule has 0 aliphatic heterocycles. The van der Waals surface area contributed by atoms with Crippen molar-refractivity contribution in [2.45, 2.75) is 51.4 Å². The van der Waals surface area contributed by atoms with Gasteiger partial charge in [-0.1, -0.05) is 18.7 Å². The summed E-state index contributed by atoms with van der Waals surface area (Å²) in [5.41, 5.74) is -0.0486. The van der Waals surface area contributed by atoms with Crippen molar-refractivity contribution in [3.05, 3.63) is 42.5 Å². The summed E-state index contributed by atoms with van der Waals surface area (Å²) in [5, 5.41) is 0. The molecule has 0 saturated carbocycles. The van der Waals surface area contributed by atoms with Gasteiger partial charge in [-0.05, 0) is 44.1 Å². The number of esters is 1. The first-order chi connectivity index (χ1) is 15.3. The van der Waals surface area contributed by atoms with Crippen LogP contribution < -0.4 is 9.47 Å². The fourth-order valence-electron chi connectivity index (χ4n) is 2.33. The molecule has 0 radical (unpaired) electrons. The zero-order chi connectivity index (χ0) is 25.4. The Morgan fingerprint density at radius 3 is 2.59 bits per heavy atom. The van der Waals surface area contributed by atoms with E-state index >= 15 is 0 Å². The van der Waals surface area contributed by atoms with Gasteiger partial charge in [-0.25, -0.2) is 4.79 Å². The average molecular weight is 381 g/mol. The summed E-state index contributed by atoms with van der Waals surface area (Å²) in [6.07, 6.45) is -2.80. The van der Waals surface area contributed by atoms with Crippen LogP contribution in [0, 0.1) is 0 Å². The number of hydrogen-bond donors (Lipinski definition) is 0. The molecule has 1 atom stereocenters. The van der Waals surface area contributed by atoms with Gasteiger partial charge >= 0.3 is 5.97 Å². The maximum Gasteiger partial charge on any atom is 0.342 e. The molecule has 148 valence electrons. The first-order valence-electron chi connectivity index (χ1n) is 11.5. The summed E-state index contributed by atoms with van der Waals surface area (Å²) < 4.78 is 63.5. The number of allylic oxidation sites excluding steroid dienone is 1. The topological polar surface area (TPSA) is 61.8 Å². The third-order valence-corrected chi connectivity index (χ3v) is 3.73. The number of carbonyl (C=O) groups excluding carboxylic acids is 2. The molecule has 0 heterocycles. The first-order valence-corrected chi connectivity index (χ1v) is 8.52. The number of methoxy groups -OCH3 is 2. The number of ether oxygens (including phenoxy) is 3. The van der Waals surface area contributed by atoms with E-state index in [0.29, 0.717) is 18.6 Å². The third-order valence-electron chi connectivity index (χ3n) is 3.73. The molecule has 0 aliphatic carbocycles. The zero-order valence-corrected chi connectivity index (χ0v) is 15.8. The molecule has 27 heavy (non-hydrogen) atoms. The van der Waals surface area contributed by atoms with Gasteiger partial charge in [-0.2, -0.15) is 0 Å². The van der Waals surface area contributed by atoms with Crippen LogP contribution in [0.1, 0.15) is 69.5 Å². The van der Waals surface area contributed by atoms with Gasteiger partial charge in [0.25, 0.3) is 0 Å². The lowest BCUT2D eigenvalue weighted by atomic mass is 10.0. The van der Waals surface area contributed by atoms with Gasteiger partial charge in [0, 0.05) is 25.8 Å². The SMILES string of the molecule is [2H]C([2H])([2H])C([2H])(OC(=O)c1c(C=C)cc(OC)cc1OC)C([2H])([2H])CCC(=O)CCCC=C. The van der Waals surface area contributed by atoms with Gasteiger partial charge in [-0.3, -0.25) is 4.79 Å².